The van der Waals surface area contributed by atoms with Crippen molar-refractivity contribution in [3.8, 4) is 5.75 Å². The van der Waals surface area contributed by atoms with Gasteiger partial charge in [0.15, 0.2) is 0 Å². The van der Waals surface area contributed by atoms with Gasteiger partial charge in [-0.2, -0.15) is 0 Å². The highest BCUT2D eigenvalue weighted by Gasteiger charge is 2.39. The number of hydrogen-bond donors (Lipinski definition) is 1. The van der Waals surface area contributed by atoms with Crippen LogP contribution >= 0.6 is 15.9 Å². The number of para-hydroxylation sites is 1. The Labute approximate surface area is 221 Å². The van der Waals surface area contributed by atoms with Gasteiger partial charge in [-0.25, -0.2) is 8.42 Å². The molecule has 1 aliphatic heterocycles. The number of anilines is 1. The molecule has 190 valence electrons. The summed E-state index contributed by atoms with van der Waals surface area (Å²) < 4.78 is 35.7. The van der Waals surface area contributed by atoms with Crippen molar-refractivity contribution in [1.82, 2.24) is 5.32 Å². The van der Waals surface area contributed by atoms with Crippen molar-refractivity contribution in [2.75, 3.05) is 10.8 Å². The van der Waals surface area contributed by atoms with E-state index in [1.54, 1.807) is 48.5 Å². The molecule has 3 aromatic rings. The number of nitrogens with one attached hydrogen (secondary N) is 1. The number of carbonyl (C=O) groups is 1. The highest BCUT2D eigenvalue weighted by Crippen LogP contribution is 2.42. The molecule has 1 N–H and O–H groups in total. The number of halogens is 1. The summed E-state index contributed by atoms with van der Waals surface area (Å²) in [5, 5.41) is 3.11. The van der Waals surface area contributed by atoms with Crippen molar-refractivity contribution < 1.29 is 17.9 Å². The van der Waals surface area contributed by atoms with Crippen LogP contribution in [-0.2, 0) is 14.8 Å². The summed E-state index contributed by atoms with van der Waals surface area (Å²) >= 11 is 3.39. The van der Waals surface area contributed by atoms with Gasteiger partial charge >= 0.3 is 0 Å². The Balaban J connectivity index is 1.65. The fourth-order valence-corrected chi connectivity index (χ4v) is 6.25. The third-order valence-corrected chi connectivity index (χ3v) is 9.15. The number of nitrogens with zero attached hydrogens (tertiary/aromatic N) is 1. The van der Waals surface area contributed by atoms with Crippen LogP contribution in [-0.4, -0.2) is 26.5 Å². The molecule has 36 heavy (non-hydrogen) atoms. The molecule has 4 rings (SSSR count). The summed E-state index contributed by atoms with van der Waals surface area (Å²) in [6.07, 6.45) is 2.22. The second-order valence-corrected chi connectivity index (χ2v) is 11.9. The highest BCUT2D eigenvalue weighted by atomic mass is 79.9. The summed E-state index contributed by atoms with van der Waals surface area (Å²) in [5.41, 5.74) is 1.89. The number of fused-ring (bicyclic) bond motifs is 1. The highest BCUT2D eigenvalue weighted by molar-refractivity contribution is 9.10. The molecule has 0 saturated heterocycles. The standard InChI is InChI=1S/C28H31BrN2O4S/c1-4-28(5-2)18-25(24-8-6-7-9-26(24)35-28)30-27(32)19-31(22-14-12-21(29)13-15-22)36(33,34)23-16-10-20(3)11-17-23/h6-17,25H,4-5,18-19H2,1-3H3,(H,30,32)/t25-/m0/s1. The predicted octanol–water partition coefficient (Wildman–Crippen LogP) is 6.15. The summed E-state index contributed by atoms with van der Waals surface area (Å²) in [7, 11) is -3.98. The van der Waals surface area contributed by atoms with E-state index in [0.29, 0.717) is 12.1 Å². The van der Waals surface area contributed by atoms with E-state index in [1.807, 2.05) is 31.2 Å². The minimum atomic E-state index is -3.98. The number of benzene rings is 3. The Morgan fingerprint density at radius 3 is 2.31 bits per heavy atom. The van der Waals surface area contributed by atoms with Crippen LogP contribution in [0.25, 0.3) is 0 Å². The van der Waals surface area contributed by atoms with Crippen molar-refractivity contribution in [2.24, 2.45) is 0 Å². The van der Waals surface area contributed by atoms with E-state index >= 15 is 0 Å². The van der Waals surface area contributed by atoms with Crippen molar-refractivity contribution in [3.63, 3.8) is 0 Å². The van der Waals surface area contributed by atoms with Crippen molar-refractivity contribution in [1.29, 1.82) is 0 Å². The van der Waals surface area contributed by atoms with Gasteiger partial charge in [-0.15, -0.1) is 0 Å². The van der Waals surface area contributed by atoms with E-state index in [0.717, 1.165) is 38.5 Å². The smallest absolute Gasteiger partial charge is 0.264 e. The molecule has 0 spiro atoms. The van der Waals surface area contributed by atoms with Crippen molar-refractivity contribution in [2.45, 2.75) is 56.6 Å². The molecule has 1 atom stereocenters. The zero-order valence-electron chi connectivity index (χ0n) is 20.7. The summed E-state index contributed by atoms with van der Waals surface area (Å²) in [4.78, 5) is 13.6. The van der Waals surface area contributed by atoms with Crippen LogP contribution in [0.15, 0.2) is 82.2 Å². The average Bonchev–Trinajstić information content (AvgIpc) is 2.88. The maximum Gasteiger partial charge on any atom is 0.264 e. The van der Waals surface area contributed by atoms with Gasteiger partial charge in [0, 0.05) is 16.5 Å². The van der Waals surface area contributed by atoms with Crippen LogP contribution in [0.4, 0.5) is 5.69 Å². The van der Waals surface area contributed by atoms with Gasteiger partial charge in [-0.1, -0.05) is 65.7 Å². The maximum atomic E-state index is 13.7. The molecule has 0 bridgehead atoms. The third-order valence-electron chi connectivity index (χ3n) is 6.83. The first kappa shape index (κ1) is 26.2. The minimum absolute atomic E-state index is 0.135. The van der Waals surface area contributed by atoms with Gasteiger partial charge in [0.2, 0.25) is 5.91 Å². The Kier molecular flexibility index (Phi) is 7.76. The quantitative estimate of drug-likeness (QED) is 0.352. The lowest BCUT2D eigenvalue weighted by Gasteiger charge is -2.41. The average molecular weight is 572 g/mol. The number of aryl methyl sites for hydroxylation is 1. The first-order valence-corrected chi connectivity index (χ1v) is 14.3. The molecule has 1 heterocycles. The van der Waals surface area contributed by atoms with E-state index in [2.05, 4.69) is 35.1 Å². The van der Waals surface area contributed by atoms with Gasteiger partial charge in [0.1, 0.15) is 17.9 Å². The van der Waals surface area contributed by atoms with E-state index in [1.165, 1.54) is 0 Å². The van der Waals surface area contributed by atoms with Crippen LogP contribution in [0.2, 0.25) is 0 Å². The van der Waals surface area contributed by atoms with E-state index in [4.69, 9.17) is 4.74 Å². The molecule has 0 radical (unpaired) electrons. The lowest BCUT2D eigenvalue weighted by Crippen LogP contribution is -2.47. The zero-order chi connectivity index (χ0) is 25.9. The molecular weight excluding hydrogens is 540 g/mol. The maximum absolute atomic E-state index is 13.7. The minimum Gasteiger partial charge on any atom is -0.487 e. The summed E-state index contributed by atoms with van der Waals surface area (Å²) in [5.74, 6) is 0.381. The Bertz CT molecular complexity index is 1320. The molecule has 0 fully saturated rings. The normalized spacial score (nSPS) is 16.5. The molecule has 0 aliphatic carbocycles. The summed E-state index contributed by atoms with van der Waals surface area (Å²) in [6.45, 7) is 5.72. The lowest BCUT2D eigenvalue weighted by atomic mass is 9.83. The van der Waals surface area contributed by atoms with Crippen LogP contribution in [0.1, 0.15) is 50.3 Å². The lowest BCUT2D eigenvalue weighted by molar-refractivity contribution is -0.121. The van der Waals surface area contributed by atoms with Crippen LogP contribution in [0.5, 0.6) is 5.75 Å². The fourth-order valence-electron chi connectivity index (χ4n) is 4.56. The number of hydrogen-bond acceptors (Lipinski definition) is 4. The molecule has 0 saturated carbocycles. The first-order chi connectivity index (χ1) is 17.2. The number of amides is 1. The summed E-state index contributed by atoms with van der Waals surface area (Å²) in [6, 6.07) is 21.0. The second-order valence-electron chi connectivity index (χ2n) is 9.16. The van der Waals surface area contributed by atoms with Crippen molar-refractivity contribution in [3.05, 3.63) is 88.4 Å². The fraction of sp³-hybridized carbons (Fsp3) is 0.321. The van der Waals surface area contributed by atoms with Crippen molar-refractivity contribution >= 4 is 37.5 Å². The van der Waals surface area contributed by atoms with Gasteiger partial charge in [0.05, 0.1) is 16.6 Å². The molecule has 0 unspecified atom stereocenters. The van der Waals surface area contributed by atoms with Gasteiger partial charge < -0.3 is 10.1 Å². The largest absolute Gasteiger partial charge is 0.487 e. The topological polar surface area (TPSA) is 75.7 Å². The number of sulfonamides is 1. The zero-order valence-corrected chi connectivity index (χ0v) is 23.1. The van der Waals surface area contributed by atoms with Crippen LogP contribution in [0, 0.1) is 6.92 Å². The van der Waals surface area contributed by atoms with Gasteiger partial charge in [0.25, 0.3) is 10.0 Å². The molecule has 3 aromatic carbocycles. The third kappa shape index (κ3) is 5.44. The predicted molar refractivity (Wildman–Crippen MR) is 146 cm³/mol. The molecule has 1 amide bonds. The van der Waals surface area contributed by atoms with E-state index < -0.39 is 10.0 Å². The van der Waals surface area contributed by atoms with E-state index in [-0.39, 0.29) is 29.0 Å². The van der Waals surface area contributed by atoms with Crippen LogP contribution in [0.3, 0.4) is 0 Å². The molecule has 8 heteroatoms. The van der Waals surface area contributed by atoms with Gasteiger partial charge in [-0.05, 0) is 62.2 Å². The molecule has 0 aromatic heterocycles. The molecule has 1 aliphatic rings. The Morgan fingerprint density at radius 2 is 1.67 bits per heavy atom. The second kappa shape index (κ2) is 10.6. The molecule has 6 nitrogen and oxygen atoms in total. The number of carbonyl (C=O) groups excluding carboxylic acids is 1. The SMILES string of the molecule is CCC1(CC)C[C@H](NC(=O)CN(c2ccc(Br)cc2)S(=O)(=O)c2ccc(C)cc2)c2ccccc2O1. The van der Waals surface area contributed by atoms with Crippen LogP contribution < -0.4 is 14.4 Å². The van der Waals surface area contributed by atoms with Gasteiger partial charge in [-0.3, -0.25) is 9.10 Å². The van der Waals surface area contributed by atoms with E-state index in [9.17, 15) is 13.2 Å². The Morgan fingerprint density at radius 1 is 1.03 bits per heavy atom. The monoisotopic (exact) mass is 570 g/mol. The molecular formula is C28H31BrN2O4S. The first-order valence-electron chi connectivity index (χ1n) is 12.1. The Hall–Kier alpha value is -2.84. The number of rotatable bonds is 8. The number of ether oxygens (including phenoxy) is 1.